The minimum atomic E-state index is -0.394. The van der Waals surface area contributed by atoms with Gasteiger partial charge in [-0.1, -0.05) is 18.5 Å². The Balaban J connectivity index is 2.71. The van der Waals surface area contributed by atoms with Crippen LogP contribution in [-0.4, -0.2) is 9.55 Å². The van der Waals surface area contributed by atoms with Crippen LogP contribution in [0.25, 0.3) is 0 Å². The minimum Gasteiger partial charge on any atom is -0.297 e. The molecule has 0 saturated heterocycles. The van der Waals surface area contributed by atoms with Crippen molar-refractivity contribution in [2.45, 2.75) is 45.1 Å². The Morgan fingerprint density at radius 3 is 2.50 bits per heavy atom. The summed E-state index contributed by atoms with van der Waals surface area (Å²) in [5.41, 5.74) is -0.457. The van der Waals surface area contributed by atoms with Crippen LogP contribution in [0.5, 0.6) is 0 Å². The first-order valence-corrected chi connectivity index (χ1v) is 5.91. The number of nitrogens with zero attached hydrogens (tertiary/aromatic N) is 1. The van der Waals surface area contributed by atoms with Crippen LogP contribution in [0.1, 0.15) is 38.7 Å². The van der Waals surface area contributed by atoms with Gasteiger partial charge in [0.1, 0.15) is 5.15 Å². The number of hydrogen-bond donors (Lipinski definition) is 1. The normalized spacial score (nSPS) is 18.2. The number of H-pyrrole nitrogens is 1. The van der Waals surface area contributed by atoms with Crippen molar-refractivity contribution in [1.29, 1.82) is 0 Å². The van der Waals surface area contributed by atoms with Crippen LogP contribution in [0.3, 0.4) is 0 Å². The van der Waals surface area contributed by atoms with Gasteiger partial charge in [-0.15, -0.1) is 0 Å². The summed E-state index contributed by atoms with van der Waals surface area (Å²) in [5, 5.41) is 0.177. The van der Waals surface area contributed by atoms with E-state index in [9.17, 15) is 9.59 Å². The number of aromatic amines is 1. The van der Waals surface area contributed by atoms with E-state index in [0.29, 0.717) is 12.0 Å². The van der Waals surface area contributed by atoms with Gasteiger partial charge in [0, 0.05) is 5.54 Å². The van der Waals surface area contributed by atoms with Crippen molar-refractivity contribution in [2.75, 3.05) is 0 Å². The molecule has 0 spiro atoms. The molecule has 0 atom stereocenters. The average molecular weight is 243 g/mol. The fourth-order valence-electron chi connectivity index (χ4n) is 2.26. The summed E-state index contributed by atoms with van der Waals surface area (Å²) < 4.78 is 1.33. The van der Waals surface area contributed by atoms with Crippen molar-refractivity contribution in [1.82, 2.24) is 9.55 Å². The maximum Gasteiger partial charge on any atom is 0.330 e. The van der Waals surface area contributed by atoms with Gasteiger partial charge in [-0.05, 0) is 32.6 Å². The molecule has 1 aromatic rings. The van der Waals surface area contributed by atoms with E-state index in [1.807, 2.05) is 13.8 Å². The summed E-state index contributed by atoms with van der Waals surface area (Å²) in [7, 11) is 0. The second-order valence-corrected chi connectivity index (χ2v) is 4.95. The van der Waals surface area contributed by atoms with Gasteiger partial charge in [0.15, 0.2) is 0 Å². The fraction of sp³-hybridized carbons (Fsp3) is 0.636. The van der Waals surface area contributed by atoms with Crippen LogP contribution in [-0.2, 0) is 12.0 Å². The lowest BCUT2D eigenvalue weighted by atomic mass is 9.78. The van der Waals surface area contributed by atoms with E-state index in [4.69, 9.17) is 11.6 Å². The molecule has 0 amide bonds. The van der Waals surface area contributed by atoms with Gasteiger partial charge in [0.05, 0.1) is 5.56 Å². The molecule has 2 rings (SSSR count). The summed E-state index contributed by atoms with van der Waals surface area (Å²) in [6, 6.07) is 0. The smallest absolute Gasteiger partial charge is 0.297 e. The van der Waals surface area contributed by atoms with E-state index in [1.54, 1.807) is 0 Å². The van der Waals surface area contributed by atoms with Gasteiger partial charge in [-0.3, -0.25) is 14.3 Å². The Morgan fingerprint density at radius 1 is 1.44 bits per heavy atom. The topological polar surface area (TPSA) is 54.9 Å². The van der Waals surface area contributed by atoms with Gasteiger partial charge in [0.2, 0.25) is 0 Å². The highest BCUT2D eigenvalue weighted by Gasteiger charge is 2.36. The molecule has 1 aromatic heterocycles. The summed E-state index contributed by atoms with van der Waals surface area (Å²) in [5.74, 6) is 0. The first kappa shape index (κ1) is 11.5. The van der Waals surface area contributed by atoms with Crippen molar-refractivity contribution < 1.29 is 0 Å². The van der Waals surface area contributed by atoms with Crippen LogP contribution in [0.15, 0.2) is 9.59 Å². The third-order valence-electron chi connectivity index (χ3n) is 3.47. The molecule has 16 heavy (non-hydrogen) atoms. The minimum absolute atomic E-state index is 0.177. The summed E-state index contributed by atoms with van der Waals surface area (Å²) in [6.45, 7) is 3.80. The third kappa shape index (κ3) is 1.52. The van der Waals surface area contributed by atoms with Crippen molar-refractivity contribution >= 4 is 11.6 Å². The zero-order chi connectivity index (χ0) is 11.9. The maximum atomic E-state index is 12.1. The van der Waals surface area contributed by atoms with Gasteiger partial charge in [0.25, 0.3) is 5.56 Å². The molecule has 1 fully saturated rings. The van der Waals surface area contributed by atoms with Crippen LogP contribution >= 0.6 is 11.6 Å². The average Bonchev–Trinajstić information content (AvgIpc) is 2.14. The van der Waals surface area contributed by atoms with E-state index in [2.05, 4.69) is 4.98 Å². The Bertz CT molecular complexity index is 526. The van der Waals surface area contributed by atoms with E-state index in [1.165, 1.54) is 4.57 Å². The van der Waals surface area contributed by atoms with E-state index in [0.717, 1.165) is 19.3 Å². The molecule has 1 saturated carbocycles. The predicted molar refractivity (Wildman–Crippen MR) is 63.2 cm³/mol. The van der Waals surface area contributed by atoms with Crippen molar-refractivity contribution in [3.05, 3.63) is 31.6 Å². The Labute approximate surface area is 98.3 Å². The van der Waals surface area contributed by atoms with E-state index in [-0.39, 0.29) is 16.3 Å². The van der Waals surface area contributed by atoms with Gasteiger partial charge in [-0.25, -0.2) is 4.79 Å². The zero-order valence-electron chi connectivity index (χ0n) is 9.47. The Hall–Kier alpha value is -1.03. The molecule has 5 heteroatoms. The molecule has 0 unspecified atom stereocenters. The molecule has 4 nitrogen and oxygen atoms in total. The summed E-state index contributed by atoms with van der Waals surface area (Å²) >= 11 is 5.85. The molecular formula is C11H15ClN2O2. The Morgan fingerprint density at radius 2 is 2.06 bits per heavy atom. The quantitative estimate of drug-likeness (QED) is 0.802. The fourth-order valence-corrected chi connectivity index (χ4v) is 2.55. The van der Waals surface area contributed by atoms with E-state index >= 15 is 0 Å². The maximum absolute atomic E-state index is 12.1. The number of halogens is 1. The first-order valence-electron chi connectivity index (χ1n) is 5.54. The monoisotopic (exact) mass is 242 g/mol. The zero-order valence-corrected chi connectivity index (χ0v) is 10.2. The number of rotatable bonds is 2. The molecular weight excluding hydrogens is 228 g/mol. The molecule has 1 N–H and O–H groups in total. The molecule has 0 bridgehead atoms. The molecule has 0 aromatic carbocycles. The van der Waals surface area contributed by atoms with Crippen molar-refractivity contribution in [3.63, 3.8) is 0 Å². The lowest BCUT2D eigenvalue weighted by Crippen LogP contribution is -2.52. The first-order chi connectivity index (χ1) is 7.49. The number of nitrogens with one attached hydrogen (secondary N) is 1. The lowest BCUT2D eigenvalue weighted by Gasteiger charge is -2.39. The lowest BCUT2D eigenvalue weighted by molar-refractivity contribution is 0.155. The third-order valence-corrected chi connectivity index (χ3v) is 3.79. The van der Waals surface area contributed by atoms with Gasteiger partial charge >= 0.3 is 5.69 Å². The van der Waals surface area contributed by atoms with Crippen LogP contribution in [0.4, 0.5) is 0 Å². The molecule has 1 aliphatic rings. The second-order valence-electron chi connectivity index (χ2n) is 4.57. The molecule has 88 valence electrons. The largest absolute Gasteiger partial charge is 0.330 e. The Kier molecular flexibility index (Phi) is 2.70. The van der Waals surface area contributed by atoms with Crippen LogP contribution in [0, 0.1) is 0 Å². The predicted octanol–water partition coefficient (Wildman–Crippen LogP) is 1.65. The highest BCUT2D eigenvalue weighted by atomic mass is 35.5. The standard InChI is InChI=1S/C11H15ClN2O2/c1-3-7-8(12)13-10(16)14(9(7)15)11(2)5-4-6-11/h3-6H2,1-2H3,(H,13,16). The molecule has 1 aliphatic carbocycles. The molecule has 1 heterocycles. The molecule has 0 radical (unpaired) electrons. The van der Waals surface area contributed by atoms with Crippen LogP contribution in [0.2, 0.25) is 5.15 Å². The van der Waals surface area contributed by atoms with Crippen molar-refractivity contribution in [2.24, 2.45) is 0 Å². The number of aromatic nitrogens is 2. The SMILES string of the molecule is CCc1c(Cl)[nH]c(=O)n(C2(C)CCC2)c1=O. The van der Waals surface area contributed by atoms with Crippen LogP contribution < -0.4 is 11.2 Å². The highest BCUT2D eigenvalue weighted by molar-refractivity contribution is 6.30. The second kappa shape index (κ2) is 3.77. The van der Waals surface area contributed by atoms with Crippen molar-refractivity contribution in [3.8, 4) is 0 Å². The summed E-state index contributed by atoms with van der Waals surface area (Å²) in [6.07, 6.45) is 3.35. The summed E-state index contributed by atoms with van der Waals surface area (Å²) in [4.78, 5) is 26.5. The molecule has 0 aliphatic heterocycles. The number of hydrogen-bond acceptors (Lipinski definition) is 2. The van der Waals surface area contributed by atoms with Gasteiger partial charge < -0.3 is 0 Å². The van der Waals surface area contributed by atoms with E-state index < -0.39 is 5.69 Å². The van der Waals surface area contributed by atoms with Gasteiger partial charge in [-0.2, -0.15) is 0 Å². The highest BCUT2D eigenvalue weighted by Crippen LogP contribution is 2.36.